The molecule has 0 atom stereocenters. The Labute approximate surface area is 114 Å². The first-order valence-corrected chi connectivity index (χ1v) is 5.68. The molecule has 19 heavy (non-hydrogen) atoms. The zero-order chi connectivity index (χ0) is 14.1. The molecule has 1 aromatic carbocycles. The van der Waals surface area contributed by atoms with E-state index in [1.165, 1.54) is 0 Å². The Kier molecular flexibility index (Phi) is 5.90. The van der Waals surface area contributed by atoms with E-state index in [1.807, 2.05) is 12.1 Å². The molecule has 1 aromatic rings. The van der Waals surface area contributed by atoms with Gasteiger partial charge < -0.3 is 15.2 Å². The van der Waals surface area contributed by atoms with E-state index >= 15 is 0 Å². The van der Waals surface area contributed by atoms with Crippen LogP contribution in [0.1, 0.15) is 11.1 Å². The molecule has 3 nitrogen and oxygen atoms in total. The van der Waals surface area contributed by atoms with Crippen molar-refractivity contribution in [1.82, 2.24) is 0 Å². The Balaban J connectivity index is 3.26. The van der Waals surface area contributed by atoms with E-state index in [2.05, 4.69) is 29.6 Å². The van der Waals surface area contributed by atoms with Crippen LogP contribution in [-0.2, 0) is 6.42 Å². The Morgan fingerprint density at radius 3 is 2.37 bits per heavy atom. The third kappa shape index (κ3) is 4.00. The molecule has 0 aliphatic rings. The van der Waals surface area contributed by atoms with E-state index in [1.54, 1.807) is 14.2 Å². The van der Waals surface area contributed by atoms with Crippen molar-refractivity contribution < 1.29 is 9.47 Å². The summed E-state index contributed by atoms with van der Waals surface area (Å²) >= 11 is 0. The zero-order valence-electron chi connectivity index (χ0n) is 11.0. The van der Waals surface area contributed by atoms with E-state index in [4.69, 9.17) is 21.6 Å². The summed E-state index contributed by atoms with van der Waals surface area (Å²) in [5.74, 6) is 14.1. The fourth-order valence-electron chi connectivity index (χ4n) is 1.57. The minimum absolute atomic E-state index is 0.528. The summed E-state index contributed by atoms with van der Waals surface area (Å²) in [6.45, 7) is 0.528. The van der Waals surface area contributed by atoms with Crippen molar-refractivity contribution in [3.63, 3.8) is 0 Å². The lowest BCUT2D eigenvalue weighted by Gasteiger charge is -2.11. The van der Waals surface area contributed by atoms with Crippen molar-refractivity contribution >= 4 is 0 Å². The maximum absolute atomic E-state index is 5.59. The number of rotatable bonds is 4. The highest BCUT2D eigenvalue weighted by Crippen LogP contribution is 2.30. The Morgan fingerprint density at radius 2 is 1.79 bits per heavy atom. The van der Waals surface area contributed by atoms with E-state index in [0.29, 0.717) is 24.5 Å². The third-order valence-electron chi connectivity index (χ3n) is 2.42. The van der Waals surface area contributed by atoms with E-state index < -0.39 is 0 Å². The fourth-order valence-corrected chi connectivity index (χ4v) is 1.57. The predicted octanol–water partition coefficient (Wildman–Crippen LogP) is 1.19. The molecule has 0 saturated heterocycles. The van der Waals surface area contributed by atoms with Crippen molar-refractivity contribution in [2.45, 2.75) is 6.42 Å². The minimum atomic E-state index is 0.528. The Hall–Kier alpha value is -2.54. The van der Waals surface area contributed by atoms with Gasteiger partial charge in [0.2, 0.25) is 0 Å². The van der Waals surface area contributed by atoms with Gasteiger partial charge in [0.05, 0.1) is 14.2 Å². The van der Waals surface area contributed by atoms with Crippen molar-refractivity contribution in [1.29, 1.82) is 0 Å². The summed E-state index contributed by atoms with van der Waals surface area (Å²) in [5, 5.41) is 0. The largest absolute Gasteiger partial charge is 0.493 e. The van der Waals surface area contributed by atoms with Crippen LogP contribution in [-0.4, -0.2) is 20.8 Å². The standard InChI is InChI=1S/C16H15NO2/c1-4-5-6-7-8-13-11-15(18-2)16(19-3)12-14(13)9-10-17/h1,11-12H,9-10,17H2,2-3H3. The first-order chi connectivity index (χ1) is 9.26. The molecule has 0 radical (unpaired) electrons. The lowest BCUT2D eigenvalue weighted by molar-refractivity contribution is 0.354. The summed E-state index contributed by atoms with van der Waals surface area (Å²) in [6, 6.07) is 3.69. The predicted molar refractivity (Wildman–Crippen MR) is 75.8 cm³/mol. The quantitative estimate of drug-likeness (QED) is 0.820. The summed E-state index contributed by atoms with van der Waals surface area (Å²) in [6.07, 6.45) is 5.73. The molecule has 0 bridgehead atoms. The molecule has 0 fully saturated rings. The number of hydrogen-bond acceptors (Lipinski definition) is 3. The van der Waals surface area contributed by atoms with Gasteiger partial charge in [0.15, 0.2) is 11.5 Å². The third-order valence-corrected chi connectivity index (χ3v) is 2.42. The highest BCUT2D eigenvalue weighted by molar-refractivity contribution is 5.54. The molecule has 2 N–H and O–H groups in total. The van der Waals surface area contributed by atoms with Crippen molar-refractivity contribution in [3.05, 3.63) is 23.3 Å². The molecule has 0 aliphatic heterocycles. The van der Waals surface area contributed by atoms with Crippen LogP contribution in [0, 0.1) is 36.0 Å². The van der Waals surface area contributed by atoms with E-state index in [0.717, 1.165) is 11.1 Å². The monoisotopic (exact) mass is 253 g/mol. The molecule has 1 rings (SSSR count). The summed E-state index contributed by atoms with van der Waals surface area (Å²) in [5.41, 5.74) is 7.40. The van der Waals surface area contributed by atoms with Crippen molar-refractivity contribution in [2.24, 2.45) is 5.73 Å². The zero-order valence-corrected chi connectivity index (χ0v) is 11.0. The first kappa shape index (κ1) is 14.5. The molecular weight excluding hydrogens is 238 g/mol. The van der Waals surface area contributed by atoms with Crippen LogP contribution in [0.4, 0.5) is 0 Å². The van der Waals surface area contributed by atoms with Gasteiger partial charge in [0.25, 0.3) is 0 Å². The fraction of sp³-hybridized carbons (Fsp3) is 0.250. The molecule has 0 aromatic heterocycles. The van der Waals surface area contributed by atoms with Gasteiger partial charge in [-0.2, -0.15) is 0 Å². The first-order valence-electron chi connectivity index (χ1n) is 5.68. The molecule has 0 heterocycles. The molecular formula is C16H15NO2. The second-order valence-electron chi connectivity index (χ2n) is 3.55. The van der Waals surface area contributed by atoms with Gasteiger partial charge >= 0.3 is 0 Å². The van der Waals surface area contributed by atoms with Crippen LogP contribution < -0.4 is 15.2 Å². The Morgan fingerprint density at radius 1 is 1.11 bits per heavy atom. The van der Waals surface area contributed by atoms with Crippen LogP contribution in [0.25, 0.3) is 0 Å². The van der Waals surface area contributed by atoms with Crippen molar-refractivity contribution in [2.75, 3.05) is 20.8 Å². The maximum Gasteiger partial charge on any atom is 0.161 e. The molecule has 0 saturated carbocycles. The van der Waals surface area contributed by atoms with Gasteiger partial charge in [0.1, 0.15) is 0 Å². The van der Waals surface area contributed by atoms with Crippen LogP contribution in [0.5, 0.6) is 11.5 Å². The van der Waals surface area contributed by atoms with Crippen LogP contribution in [0.15, 0.2) is 12.1 Å². The number of hydrogen-bond donors (Lipinski definition) is 1. The highest BCUT2D eigenvalue weighted by Gasteiger charge is 2.09. The second kappa shape index (κ2) is 7.72. The molecule has 96 valence electrons. The number of nitrogens with two attached hydrogens (primary N) is 1. The smallest absolute Gasteiger partial charge is 0.161 e. The van der Waals surface area contributed by atoms with Gasteiger partial charge in [-0.1, -0.05) is 5.92 Å². The normalized spacial score (nSPS) is 8.32. The van der Waals surface area contributed by atoms with Gasteiger partial charge in [-0.15, -0.1) is 6.42 Å². The average molecular weight is 253 g/mol. The average Bonchev–Trinajstić information content (AvgIpc) is 2.44. The van der Waals surface area contributed by atoms with Crippen LogP contribution in [0.3, 0.4) is 0 Å². The Bertz CT molecular complexity index is 604. The van der Waals surface area contributed by atoms with Crippen LogP contribution >= 0.6 is 0 Å². The summed E-state index contributed by atoms with van der Waals surface area (Å²) < 4.78 is 10.5. The number of terminal acetylenes is 1. The summed E-state index contributed by atoms with van der Waals surface area (Å²) in [7, 11) is 3.17. The molecule has 0 aliphatic carbocycles. The number of ether oxygens (including phenoxy) is 2. The number of benzene rings is 1. The van der Waals surface area contributed by atoms with E-state index in [-0.39, 0.29) is 0 Å². The lowest BCUT2D eigenvalue weighted by Crippen LogP contribution is -2.05. The van der Waals surface area contributed by atoms with Crippen LogP contribution in [0.2, 0.25) is 0 Å². The topological polar surface area (TPSA) is 44.5 Å². The lowest BCUT2D eigenvalue weighted by atomic mass is 10.0. The SMILES string of the molecule is C#CC#CC#Cc1cc(OC)c(OC)cc1CCN. The van der Waals surface area contributed by atoms with Gasteiger partial charge in [-0.05, 0) is 54.3 Å². The minimum Gasteiger partial charge on any atom is -0.493 e. The number of methoxy groups -OCH3 is 2. The van der Waals surface area contributed by atoms with Gasteiger partial charge in [-0.25, -0.2) is 0 Å². The maximum atomic E-state index is 5.59. The molecule has 0 amide bonds. The highest BCUT2D eigenvalue weighted by atomic mass is 16.5. The molecule has 0 spiro atoms. The summed E-state index contributed by atoms with van der Waals surface area (Å²) in [4.78, 5) is 0. The molecule has 0 unspecified atom stereocenters. The van der Waals surface area contributed by atoms with Gasteiger partial charge in [-0.3, -0.25) is 0 Å². The second-order valence-corrected chi connectivity index (χ2v) is 3.55. The van der Waals surface area contributed by atoms with Crippen molar-refractivity contribution in [3.8, 4) is 47.5 Å². The van der Waals surface area contributed by atoms with Gasteiger partial charge in [0, 0.05) is 5.56 Å². The molecule has 3 heteroatoms. The van der Waals surface area contributed by atoms with E-state index in [9.17, 15) is 0 Å².